The average Bonchev–Trinajstić information content (AvgIpc) is 2.97. The highest BCUT2D eigenvalue weighted by molar-refractivity contribution is 7.92. The Balaban J connectivity index is 1.66. The van der Waals surface area contributed by atoms with Gasteiger partial charge in [0.1, 0.15) is 10.8 Å². The summed E-state index contributed by atoms with van der Waals surface area (Å²) in [5.41, 5.74) is 3.40. The molecule has 0 radical (unpaired) electrons. The van der Waals surface area contributed by atoms with Crippen LogP contribution in [0.15, 0.2) is 48.7 Å². The van der Waals surface area contributed by atoms with E-state index in [-0.39, 0.29) is 29.1 Å². The lowest BCUT2D eigenvalue weighted by Gasteiger charge is -2.21. The van der Waals surface area contributed by atoms with Crippen LogP contribution in [0.3, 0.4) is 0 Å². The van der Waals surface area contributed by atoms with E-state index in [1.807, 2.05) is 0 Å². The van der Waals surface area contributed by atoms with Gasteiger partial charge in [0.05, 0.1) is 36.6 Å². The molecule has 5 N–H and O–H groups in total. The van der Waals surface area contributed by atoms with Crippen molar-refractivity contribution in [2.75, 3.05) is 41.9 Å². The molecule has 0 fully saturated rings. The van der Waals surface area contributed by atoms with Gasteiger partial charge in [0.15, 0.2) is 5.82 Å². The minimum Gasteiger partial charge on any atom is -0.495 e. The van der Waals surface area contributed by atoms with Crippen molar-refractivity contribution in [2.45, 2.75) is 32.1 Å². The van der Waals surface area contributed by atoms with E-state index in [0.29, 0.717) is 41.3 Å². The van der Waals surface area contributed by atoms with Crippen LogP contribution >= 0.6 is 11.6 Å². The van der Waals surface area contributed by atoms with E-state index >= 15 is 0 Å². The Morgan fingerprint density at radius 3 is 2.50 bits per heavy atom. The lowest BCUT2D eigenvalue weighted by molar-refractivity contribution is -0.129. The number of anilines is 5. The number of nitrogens with one attached hydrogen (secondary N) is 4. The van der Waals surface area contributed by atoms with Crippen LogP contribution in [0, 0.1) is 0 Å². The molecule has 0 aliphatic rings. The van der Waals surface area contributed by atoms with Crippen LogP contribution < -0.4 is 30.5 Å². The van der Waals surface area contributed by atoms with Crippen molar-refractivity contribution < 1.29 is 28.0 Å². The first-order chi connectivity index (χ1) is 20.0. The minimum atomic E-state index is -3.51. The molecule has 2 amide bonds. The third-order valence-electron chi connectivity index (χ3n) is 6.19. The van der Waals surface area contributed by atoms with E-state index < -0.39 is 15.9 Å². The average molecular weight is 620 g/mol. The molecule has 0 spiro atoms. The van der Waals surface area contributed by atoms with Crippen LogP contribution in [0.25, 0.3) is 0 Å². The molecule has 0 bridgehead atoms. The second-order valence-corrected chi connectivity index (χ2v) is 11.7. The lowest BCUT2D eigenvalue weighted by atomic mass is 10.1. The normalized spacial score (nSPS) is 11.0. The number of hydrogen-bond acceptors (Lipinski definition) is 10. The molecule has 0 saturated heterocycles. The summed E-state index contributed by atoms with van der Waals surface area (Å²) in [7, 11) is -0.581. The molecule has 13 nitrogen and oxygen atoms in total. The summed E-state index contributed by atoms with van der Waals surface area (Å²) < 4.78 is 30.8. The number of nitrogens with zero attached hydrogens (tertiary/aromatic N) is 3. The summed E-state index contributed by atoms with van der Waals surface area (Å²) in [6.45, 7) is 0.477. The van der Waals surface area contributed by atoms with Crippen molar-refractivity contribution in [3.8, 4) is 5.75 Å². The molecule has 0 aliphatic heterocycles. The summed E-state index contributed by atoms with van der Waals surface area (Å²) in [6, 6.07) is 11.7. The maximum Gasteiger partial charge on any atom is 0.251 e. The van der Waals surface area contributed by atoms with Crippen molar-refractivity contribution >= 4 is 62.3 Å². The molecule has 0 atom stereocenters. The number of carbonyl (C=O) groups excluding carboxylic acids is 2. The monoisotopic (exact) mass is 619 g/mol. The van der Waals surface area contributed by atoms with E-state index in [2.05, 4.69) is 25.9 Å². The molecule has 1 aromatic heterocycles. The van der Waals surface area contributed by atoms with Gasteiger partial charge in [-0.15, -0.1) is 0 Å². The smallest absolute Gasteiger partial charge is 0.251 e. The standard InChI is InChI=1S/C27H34ClN7O6S/c1-35(42(3,39)40)22-11-8-7-10-20(22)31-25-19(28)17-30-27(33-25)32-21-14-13-18(16-23(21)41-2)26(37)29-15-9-5-4-6-12-24(36)34-38/h7-8,10-11,13-14,16-17,38H,4-6,9,12,15H2,1-3H3,(H,29,37)(H,34,36)(H2,30,31,32,33). The summed E-state index contributed by atoms with van der Waals surface area (Å²) >= 11 is 6.34. The molecule has 3 rings (SSSR count). The third-order valence-corrected chi connectivity index (χ3v) is 7.66. The number of hydroxylamine groups is 1. The first-order valence-corrected chi connectivity index (χ1v) is 15.2. The highest BCUT2D eigenvalue weighted by Gasteiger charge is 2.17. The fourth-order valence-corrected chi connectivity index (χ4v) is 4.51. The van der Waals surface area contributed by atoms with Crippen LogP contribution in [0.1, 0.15) is 42.5 Å². The summed E-state index contributed by atoms with van der Waals surface area (Å²) in [5, 5.41) is 17.7. The van der Waals surface area contributed by atoms with Crippen molar-refractivity contribution in [1.82, 2.24) is 20.8 Å². The molecule has 2 aromatic carbocycles. The predicted octanol–water partition coefficient (Wildman–Crippen LogP) is 4.21. The largest absolute Gasteiger partial charge is 0.495 e. The zero-order valence-electron chi connectivity index (χ0n) is 23.5. The van der Waals surface area contributed by atoms with Gasteiger partial charge in [0, 0.05) is 25.6 Å². The Morgan fingerprint density at radius 1 is 1.05 bits per heavy atom. The lowest BCUT2D eigenvalue weighted by Crippen LogP contribution is -2.25. The van der Waals surface area contributed by atoms with Crippen LogP contribution in [0.4, 0.5) is 28.8 Å². The SMILES string of the molecule is COc1cc(C(=O)NCCCCCCC(=O)NO)ccc1Nc1ncc(Cl)c(Nc2ccccc2N(C)S(C)(=O)=O)n1. The van der Waals surface area contributed by atoms with Crippen LogP contribution in [-0.2, 0) is 14.8 Å². The molecule has 1 heterocycles. The molecule has 3 aromatic rings. The number of aromatic nitrogens is 2. The van der Waals surface area contributed by atoms with Crippen LogP contribution in [0.2, 0.25) is 5.02 Å². The first-order valence-electron chi connectivity index (χ1n) is 13.0. The van der Waals surface area contributed by atoms with E-state index in [1.54, 1.807) is 47.9 Å². The van der Waals surface area contributed by atoms with Crippen molar-refractivity contribution in [2.24, 2.45) is 0 Å². The van der Waals surface area contributed by atoms with Gasteiger partial charge < -0.3 is 20.7 Å². The van der Waals surface area contributed by atoms with E-state index in [4.69, 9.17) is 21.5 Å². The van der Waals surface area contributed by atoms with E-state index in [9.17, 15) is 18.0 Å². The van der Waals surface area contributed by atoms with Gasteiger partial charge in [0.25, 0.3) is 5.91 Å². The minimum absolute atomic E-state index is 0.183. The first kappa shape index (κ1) is 32.4. The van der Waals surface area contributed by atoms with E-state index in [0.717, 1.165) is 29.8 Å². The molecule has 15 heteroatoms. The fourth-order valence-electron chi connectivity index (χ4n) is 3.86. The van der Waals surface area contributed by atoms with Gasteiger partial charge in [-0.2, -0.15) is 4.98 Å². The van der Waals surface area contributed by atoms with Gasteiger partial charge in [-0.05, 0) is 43.2 Å². The summed E-state index contributed by atoms with van der Waals surface area (Å²) in [6.07, 6.45) is 5.83. The van der Waals surface area contributed by atoms with Crippen LogP contribution in [-0.4, -0.2) is 62.4 Å². The fraction of sp³-hybridized carbons (Fsp3) is 0.333. The molecule has 0 aliphatic carbocycles. The molecular weight excluding hydrogens is 586 g/mol. The maximum atomic E-state index is 12.6. The predicted molar refractivity (Wildman–Crippen MR) is 162 cm³/mol. The number of methoxy groups -OCH3 is 1. The second-order valence-electron chi connectivity index (χ2n) is 9.26. The zero-order valence-corrected chi connectivity index (χ0v) is 25.1. The number of benzene rings is 2. The zero-order chi connectivity index (χ0) is 30.7. The number of sulfonamides is 1. The number of ether oxygens (including phenoxy) is 1. The van der Waals surface area contributed by atoms with Gasteiger partial charge in [-0.1, -0.05) is 36.6 Å². The number of carbonyl (C=O) groups is 2. The quantitative estimate of drug-likeness (QED) is 0.0941. The number of para-hydroxylation sites is 2. The molecular formula is C27H34ClN7O6S. The molecule has 42 heavy (non-hydrogen) atoms. The van der Waals surface area contributed by atoms with Gasteiger partial charge in [-0.3, -0.25) is 19.1 Å². The van der Waals surface area contributed by atoms with Gasteiger partial charge >= 0.3 is 0 Å². The van der Waals surface area contributed by atoms with Crippen molar-refractivity contribution in [3.63, 3.8) is 0 Å². The van der Waals surface area contributed by atoms with Crippen molar-refractivity contribution in [1.29, 1.82) is 0 Å². The number of unbranched alkanes of at least 4 members (excludes halogenated alkanes) is 3. The number of amides is 2. The molecule has 0 unspecified atom stereocenters. The highest BCUT2D eigenvalue weighted by atomic mass is 35.5. The summed E-state index contributed by atoms with van der Waals surface area (Å²) in [4.78, 5) is 32.3. The Morgan fingerprint density at radius 2 is 1.79 bits per heavy atom. The van der Waals surface area contributed by atoms with Gasteiger partial charge in [-0.25, -0.2) is 18.9 Å². The Bertz CT molecular complexity index is 1510. The number of rotatable bonds is 15. The number of hydrogen-bond donors (Lipinski definition) is 5. The molecule has 226 valence electrons. The van der Waals surface area contributed by atoms with Crippen molar-refractivity contribution in [3.05, 3.63) is 59.2 Å². The van der Waals surface area contributed by atoms with Crippen LogP contribution in [0.5, 0.6) is 5.75 Å². The maximum absolute atomic E-state index is 12.6. The topological polar surface area (TPSA) is 175 Å². The number of halogens is 1. The van der Waals surface area contributed by atoms with E-state index in [1.165, 1.54) is 20.4 Å². The second kappa shape index (κ2) is 15.2. The molecule has 0 saturated carbocycles. The Hall–Kier alpha value is -4.14. The third kappa shape index (κ3) is 9.19. The Labute approximate surface area is 249 Å². The highest BCUT2D eigenvalue weighted by Crippen LogP contribution is 2.33. The van der Waals surface area contributed by atoms with Gasteiger partial charge in [0.2, 0.25) is 21.9 Å². The summed E-state index contributed by atoms with van der Waals surface area (Å²) in [5.74, 6) is 0.151. The Kier molecular flexibility index (Phi) is 11.7.